The van der Waals surface area contributed by atoms with Crippen LogP contribution in [0, 0.1) is 0 Å². The fourth-order valence-electron chi connectivity index (χ4n) is 1.74. The summed E-state index contributed by atoms with van der Waals surface area (Å²) < 4.78 is 1.10. The minimum Gasteiger partial charge on any atom is -0.324 e. The van der Waals surface area contributed by atoms with Crippen molar-refractivity contribution in [2.75, 3.05) is 6.54 Å². The van der Waals surface area contributed by atoms with E-state index in [1.54, 1.807) is 11.3 Å². The van der Waals surface area contributed by atoms with Gasteiger partial charge in [0.1, 0.15) is 0 Å². The van der Waals surface area contributed by atoms with E-state index in [2.05, 4.69) is 4.98 Å². The zero-order valence-electron chi connectivity index (χ0n) is 8.77. The monoisotopic (exact) mass is 232 g/mol. The van der Waals surface area contributed by atoms with Crippen molar-refractivity contribution in [3.63, 3.8) is 0 Å². The summed E-state index contributed by atoms with van der Waals surface area (Å²) in [7, 11) is 0. The third kappa shape index (κ3) is 1.64. The zero-order valence-corrected chi connectivity index (χ0v) is 9.59. The maximum absolute atomic E-state index is 11.5. The van der Waals surface area contributed by atoms with Crippen LogP contribution in [0.25, 0.3) is 10.2 Å². The van der Waals surface area contributed by atoms with E-state index in [0.717, 1.165) is 10.2 Å². The van der Waals surface area contributed by atoms with Gasteiger partial charge in [-0.3, -0.25) is 4.79 Å². The first-order valence-corrected chi connectivity index (χ1v) is 6.23. The molecule has 0 saturated heterocycles. The molecule has 0 spiro atoms. The van der Waals surface area contributed by atoms with Crippen LogP contribution in [0.4, 0.5) is 0 Å². The number of Topliss-reactive ketones (excluding diaryl/α,β-unsaturated/α-hetero) is 1. The number of nitrogens with zero attached hydrogens (tertiary/aromatic N) is 1. The molecule has 1 heterocycles. The fourth-order valence-corrected chi connectivity index (χ4v) is 2.91. The highest BCUT2D eigenvalue weighted by Gasteiger charge is 2.27. The summed E-state index contributed by atoms with van der Waals surface area (Å²) in [6.45, 7) is 0.0692. The van der Waals surface area contributed by atoms with Crippen LogP contribution in [0.1, 0.15) is 34.1 Å². The second-order valence-corrected chi connectivity index (χ2v) is 5.20. The van der Waals surface area contributed by atoms with Gasteiger partial charge >= 0.3 is 0 Å². The Morgan fingerprint density at radius 2 is 2.31 bits per heavy atom. The predicted molar refractivity (Wildman–Crippen MR) is 65.0 cm³/mol. The number of fused-ring (bicyclic) bond motifs is 1. The van der Waals surface area contributed by atoms with E-state index in [1.807, 2.05) is 18.2 Å². The van der Waals surface area contributed by atoms with Gasteiger partial charge in [-0.05, 0) is 31.0 Å². The minimum absolute atomic E-state index is 0.0109. The maximum Gasteiger partial charge on any atom is 0.176 e. The number of rotatable bonds is 3. The van der Waals surface area contributed by atoms with Crippen LogP contribution in [-0.2, 0) is 0 Å². The molecule has 2 aromatic rings. The van der Waals surface area contributed by atoms with Crippen molar-refractivity contribution in [2.45, 2.75) is 18.8 Å². The van der Waals surface area contributed by atoms with Gasteiger partial charge in [-0.15, -0.1) is 11.3 Å². The Kier molecular flexibility index (Phi) is 2.26. The van der Waals surface area contributed by atoms with Crippen molar-refractivity contribution in [1.29, 1.82) is 0 Å². The van der Waals surface area contributed by atoms with Gasteiger partial charge in [0.05, 0.1) is 21.8 Å². The van der Waals surface area contributed by atoms with Gasteiger partial charge in [0.2, 0.25) is 0 Å². The number of hydrogen-bond donors (Lipinski definition) is 1. The molecule has 0 unspecified atom stereocenters. The molecule has 1 saturated carbocycles. The third-order valence-electron chi connectivity index (χ3n) is 2.84. The Balaban J connectivity index is 2.06. The van der Waals surface area contributed by atoms with Gasteiger partial charge in [0, 0.05) is 11.5 Å². The number of ketones is 1. The molecule has 3 rings (SSSR count). The van der Waals surface area contributed by atoms with Gasteiger partial charge in [0.25, 0.3) is 0 Å². The van der Waals surface area contributed by atoms with Crippen molar-refractivity contribution < 1.29 is 4.79 Å². The molecule has 4 heteroatoms. The summed E-state index contributed by atoms with van der Waals surface area (Å²) in [5, 5.41) is 1.22. The summed E-state index contributed by atoms with van der Waals surface area (Å²) in [6, 6.07) is 5.64. The molecule has 0 radical (unpaired) electrons. The predicted octanol–water partition coefficient (Wildman–Crippen LogP) is 2.32. The average molecular weight is 232 g/mol. The molecule has 0 bridgehead atoms. The molecule has 1 aromatic carbocycles. The van der Waals surface area contributed by atoms with Crippen LogP contribution in [0.5, 0.6) is 0 Å². The van der Waals surface area contributed by atoms with Gasteiger partial charge in [0.15, 0.2) is 5.78 Å². The molecule has 1 fully saturated rings. The zero-order chi connectivity index (χ0) is 11.1. The summed E-state index contributed by atoms with van der Waals surface area (Å²) in [4.78, 5) is 16.0. The highest BCUT2D eigenvalue weighted by atomic mass is 32.1. The SMILES string of the molecule is NCC(=O)c1ccc2nc(C3CC3)sc2c1. The fraction of sp³-hybridized carbons (Fsp3) is 0.333. The minimum atomic E-state index is -0.0109. The van der Waals surface area contributed by atoms with Crippen LogP contribution in [0.15, 0.2) is 18.2 Å². The molecule has 3 nitrogen and oxygen atoms in total. The van der Waals surface area contributed by atoms with E-state index >= 15 is 0 Å². The van der Waals surface area contributed by atoms with Crippen LogP contribution < -0.4 is 5.73 Å². The van der Waals surface area contributed by atoms with Gasteiger partial charge in [-0.1, -0.05) is 0 Å². The van der Waals surface area contributed by atoms with Gasteiger partial charge in [-0.2, -0.15) is 0 Å². The molecular formula is C12H12N2OS. The average Bonchev–Trinajstić information content (AvgIpc) is 3.07. The first-order valence-electron chi connectivity index (χ1n) is 5.41. The van der Waals surface area contributed by atoms with E-state index in [9.17, 15) is 4.79 Å². The van der Waals surface area contributed by atoms with Gasteiger partial charge in [-0.25, -0.2) is 4.98 Å². The number of nitrogens with two attached hydrogens (primary N) is 1. The molecule has 1 aromatic heterocycles. The lowest BCUT2D eigenvalue weighted by Crippen LogP contribution is -2.13. The number of hydrogen-bond acceptors (Lipinski definition) is 4. The van der Waals surface area contributed by atoms with Crippen molar-refractivity contribution in [2.24, 2.45) is 5.73 Å². The van der Waals surface area contributed by atoms with Crippen molar-refractivity contribution in [3.05, 3.63) is 28.8 Å². The highest BCUT2D eigenvalue weighted by molar-refractivity contribution is 7.18. The molecule has 82 valence electrons. The summed E-state index contributed by atoms with van der Waals surface area (Å²) in [6.07, 6.45) is 2.52. The van der Waals surface area contributed by atoms with Crippen molar-refractivity contribution in [3.8, 4) is 0 Å². The van der Waals surface area contributed by atoms with Crippen molar-refractivity contribution >= 4 is 27.3 Å². The lowest BCUT2D eigenvalue weighted by atomic mass is 10.1. The number of aromatic nitrogens is 1. The smallest absolute Gasteiger partial charge is 0.176 e. The summed E-state index contributed by atoms with van der Waals surface area (Å²) in [5.74, 6) is 0.661. The van der Waals surface area contributed by atoms with Crippen LogP contribution in [0.3, 0.4) is 0 Å². The summed E-state index contributed by atoms with van der Waals surface area (Å²) in [5.41, 5.74) is 7.05. The molecule has 0 amide bonds. The van der Waals surface area contributed by atoms with Gasteiger partial charge < -0.3 is 5.73 Å². The molecule has 2 N–H and O–H groups in total. The lowest BCUT2D eigenvalue weighted by molar-refractivity contribution is 0.100. The standard InChI is InChI=1S/C12H12N2OS/c13-6-10(15)8-3-4-9-11(5-8)16-12(14-9)7-1-2-7/h3-5,7H,1-2,6,13H2. The first kappa shape index (κ1) is 9.93. The Labute approximate surface area is 97.3 Å². The number of carbonyl (C=O) groups excluding carboxylic acids is 1. The number of thiazole rings is 1. The molecule has 0 atom stereocenters. The van der Waals surface area contributed by atoms with E-state index in [1.165, 1.54) is 17.8 Å². The largest absolute Gasteiger partial charge is 0.324 e. The second-order valence-electron chi connectivity index (χ2n) is 4.14. The number of benzene rings is 1. The lowest BCUT2D eigenvalue weighted by Gasteiger charge is -1.96. The molecule has 1 aliphatic carbocycles. The van der Waals surface area contributed by atoms with E-state index in [4.69, 9.17) is 5.73 Å². The quantitative estimate of drug-likeness (QED) is 0.826. The Morgan fingerprint density at radius 1 is 1.50 bits per heavy atom. The van der Waals surface area contributed by atoms with Crippen LogP contribution in [-0.4, -0.2) is 17.3 Å². The first-order chi connectivity index (χ1) is 7.78. The van der Waals surface area contributed by atoms with E-state index in [-0.39, 0.29) is 12.3 Å². The van der Waals surface area contributed by atoms with E-state index in [0.29, 0.717) is 11.5 Å². The Morgan fingerprint density at radius 3 is 3.00 bits per heavy atom. The third-order valence-corrected chi connectivity index (χ3v) is 4.02. The molecule has 0 aliphatic heterocycles. The van der Waals surface area contributed by atoms with Crippen LogP contribution >= 0.6 is 11.3 Å². The maximum atomic E-state index is 11.5. The summed E-state index contributed by atoms with van der Waals surface area (Å²) >= 11 is 1.71. The molecular weight excluding hydrogens is 220 g/mol. The Bertz CT molecular complexity index is 557. The second kappa shape index (κ2) is 3.64. The van der Waals surface area contributed by atoms with Crippen molar-refractivity contribution in [1.82, 2.24) is 4.98 Å². The number of carbonyl (C=O) groups is 1. The van der Waals surface area contributed by atoms with Crippen LogP contribution in [0.2, 0.25) is 0 Å². The highest BCUT2D eigenvalue weighted by Crippen LogP contribution is 2.43. The molecule has 16 heavy (non-hydrogen) atoms. The Hall–Kier alpha value is -1.26. The molecule has 1 aliphatic rings. The topological polar surface area (TPSA) is 56.0 Å². The van der Waals surface area contributed by atoms with E-state index < -0.39 is 0 Å². The normalized spacial score (nSPS) is 15.6.